The van der Waals surface area contributed by atoms with Crippen LogP contribution in [0.5, 0.6) is 0 Å². The molecule has 0 aliphatic carbocycles. The molecule has 0 spiro atoms. The molecule has 0 atom stereocenters. The van der Waals surface area contributed by atoms with Gasteiger partial charge in [0, 0.05) is 29.6 Å². The van der Waals surface area contributed by atoms with Crippen LogP contribution in [-0.4, -0.2) is 31.1 Å². The molecule has 3 aromatic rings. The van der Waals surface area contributed by atoms with Crippen molar-refractivity contribution in [2.24, 2.45) is 0 Å². The molecule has 1 N–H and O–H groups in total. The van der Waals surface area contributed by atoms with Gasteiger partial charge in [-0.1, -0.05) is 17.3 Å². The Hall–Kier alpha value is -2.76. The molecule has 1 aromatic carbocycles. The lowest BCUT2D eigenvalue weighted by Crippen LogP contribution is -1.97. The number of aromatic nitrogens is 4. The standard InChI is InChI=1S/C14H12N4O2/c19-14(20)5-4-11-9-18(17-16-11)13-3-1-2-10-8-15-7-6-12(10)13/h1-3,6-9H,4-5H2,(H,19,20). The van der Waals surface area contributed by atoms with Gasteiger partial charge in [0.15, 0.2) is 0 Å². The van der Waals surface area contributed by atoms with Gasteiger partial charge in [-0.3, -0.25) is 9.78 Å². The fourth-order valence-corrected chi connectivity index (χ4v) is 2.07. The maximum Gasteiger partial charge on any atom is 0.303 e. The van der Waals surface area contributed by atoms with Crippen LogP contribution in [0.15, 0.2) is 42.9 Å². The molecule has 100 valence electrons. The topological polar surface area (TPSA) is 80.9 Å². The van der Waals surface area contributed by atoms with Crippen LogP contribution >= 0.6 is 0 Å². The van der Waals surface area contributed by atoms with Gasteiger partial charge in [0.25, 0.3) is 0 Å². The van der Waals surface area contributed by atoms with E-state index in [1.54, 1.807) is 23.3 Å². The Morgan fingerprint density at radius 3 is 3.05 bits per heavy atom. The van der Waals surface area contributed by atoms with Crippen LogP contribution in [0.1, 0.15) is 12.1 Å². The Morgan fingerprint density at radius 2 is 2.20 bits per heavy atom. The molecular formula is C14H12N4O2. The summed E-state index contributed by atoms with van der Waals surface area (Å²) >= 11 is 0. The smallest absolute Gasteiger partial charge is 0.303 e. The molecule has 0 saturated heterocycles. The van der Waals surface area contributed by atoms with Crippen LogP contribution in [0.3, 0.4) is 0 Å². The quantitative estimate of drug-likeness (QED) is 0.780. The lowest BCUT2D eigenvalue weighted by atomic mass is 10.1. The number of aryl methyl sites for hydroxylation is 1. The minimum absolute atomic E-state index is 0.0537. The predicted octanol–water partition coefficient (Wildman–Crippen LogP) is 1.83. The van der Waals surface area contributed by atoms with E-state index in [-0.39, 0.29) is 6.42 Å². The van der Waals surface area contributed by atoms with Crippen LogP contribution in [-0.2, 0) is 11.2 Å². The van der Waals surface area contributed by atoms with E-state index >= 15 is 0 Å². The molecule has 0 fully saturated rings. The van der Waals surface area contributed by atoms with Crippen molar-refractivity contribution < 1.29 is 9.90 Å². The first-order valence-electron chi connectivity index (χ1n) is 6.20. The zero-order valence-corrected chi connectivity index (χ0v) is 10.6. The van der Waals surface area contributed by atoms with Gasteiger partial charge in [0.2, 0.25) is 0 Å². The van der Waals surface area contributed by atoms with Gasteiger partial charge >= 0.3 is 5.97 Å². The number of fused-ring (bicyclic) bond motifs is 1. The van der Waals surface area contributed by atoms with Crippen molar-refractivity contribution in [2.45, 2.75) is 12.8 Å². The molecule has 20 heavy (non-hydrogen) atoms. The van der Waals surface area contributed by atoms with Crippen molar-refractivity contribution in [3.05, 3.63) is 48.5 Å². The van der Waals surface area contributed by atoms with Gasteiger partial charge in [-0.05, 0) is 12.1 Å². The number of pyridine rings is 1. The molecule has 0 amide bonds. The third-order valence-corrected chi connectivity index (χ3v) is 3.04. The molecule has 0 aliphatic rings. The summed E-state index contributed by atoms with van der Waals surface area (Å²) < 4.78 is 1.67. The summed E-state index contributed by atoms with van der Waals surface area (Å²) in [5, 5.41) is 18.8. The number of hydrogen-bond acceptors (Lipinski definition) is 4. The van der Waals surface area contributed by atoms with Crippen molar-refractivity contribution in [2.75, 3.05) is 0 Å². The third-order valence-electron chi connectivity index (χ3n) is 3.04. The van der Waals surface area contributed by atoms with E-state index in [1.165, 1.54) is 0 Å². The lowest BCUT2D eigenvalue weighted by Gasteiger charge is -2.04. The molecule has 0 radical (unpaired) electrons. The summed E-state index contributed by atoms with van der Waals surface area (Å²) in [7, 11) is 0. The fourth-order valence-electron chi connectivity index (χ4n) is 2.07. The number of nitrogens with zero attached hydrogens (tertiary/aromatic N) is 4. The molecule has 6 heteroatoms. The largest absolute Gasteiger partial charge is 0.481 e. The van der Waals surface area contributed by atoms with Gasteiger partial charge in [0.05, 0.1) is 24.0 Å². The number of carboxylic acids is 1. The SMILES string of the molecule is O=C(O)CCc1cn(-c2cccc3cnccc23)nn1. The first-order valence-corrected chi connectivity index (χ1v) is 6.20. The highest BCUT2D eigenvalue weighted by molar-refractivity contribution is 5.89. The second-order valence-electron chi connectivity index (χ2n) is 4.42. The number of rotatable bonds is 4. The maximum atomic E-state index is 10.6. The van der Waals surface area contributed by atoms with Gasteiger partial charge < -0.3 is 5.11 Å². The molecule has 3 rings (SSSR count). The zero-order chi connectivity index (χ0) is 13.9. The minimum Gasteiger partial charge on any atom is -0.481 e. The van der Waals surface area contributed by atoms with Crippen molar-refractivity contribution >= 4 is 16.7 Å². The molecular weight excluding hydrogens is 256 g/mol. The molecule has 2 aromatic heterocycles. The van der Waals surface area contributed by atoms with Crippen LogP contribution in [0, 0.1) is 0 Å². The summed E-state index contributed by atoms with van der Waals surface area (Å²) in [6.07, 6.45) is 5.72. The highest BCUT2D eigenvalue weighted by Crippen LogP contribution is 2.20. The third kappa shape index (κ3) is 2.35. The number of carboxylic acid groups (broad SMARTS) is 1. The van der Waals surface area contributed by atoms with E-state index in [2.05, 4.69) is 15.3 Å². The molecule has 0 bridgehead atoms. The van der Waals surface area contributed by atoms with Gasteiger partial charge in [-0.15, -0.1) is 5.10 Å². The van der Waals surface area contributed by atoms with Crippen LogP contribution < -0.4 is 0 Å². The summed E-state index contributed by atoms with van der Waals surface area (Å²) in [4.78, 5) is 14.7. The predicted molar refractivity (Wildman–Crippen MR) is 72.6 cm³/mol. The number of hydrogen-bond donors (Lipinski definition) is 1. The van der Waals surface area contributed by atoms with Crippen molar-refractivity contribution in [1.82, 2.24) is 20.0 Å². The minimum atomic E-state index is -0.837. The summed E-state index contributed by atoms with van der Waals surface area (Å²) in [6, 6.07) is 7.77. The van der Waals surface area contributed by atoms with Crippen LogP contribution in [0.2, 0.25) is 0 Å². The van der Waals surface area contributed by atoms with E-state index in [4.69, 9.17) is 5.11 Å². The number of benzene rings is 1. The lowest BCUT2D eigenvalue weighted by molar-refractivity contribution is -0.136. The Morgan fingerprint density at radius 1 is 1.30 bits per heavy atom. The molecule has 0 aliphatic heterocycles. The summed E-state index contributed by atoms with van der Waals surface area (Å²) in [6.45, 7) is 0. The second-order valence-corrected chi connectivity index (χ2v) is 4.42. The van der Waals surface area contributed by atoms with Crippen LogP contribution in [0.25, 0.3) is 16.5 Å². The second kappa shape index (κ2) is 5.08. The molecule has 0 unspecified atom stereocenters. The molecule has 6 nitrogen and oxygen atoms in total. The number of aliphatic carboxylic acids is 1. The maximum absolute atomic E-state index is 10.6. The van der Waals surface area contributed by atoms with Crippen molar-refractivity contribution in [3.63, 3.8) is 0 Å². The molecule has 2 heterocycles. The first kappa shape index (κ1) is 12.3. The Balaban J connectivity index is 1.97. The van der Waals surface area contributed by atoms with Gasteiger partial charge in [0.1, 0.15) is 0 Å². The zero-order valence-electron chi connectivity index (χ0n) is 10.6. The normalized spacial score (nSPS) is 10.8. The van der Waals surface area contributed by atoms with E-state index in [1.807, 2.05) is 24.3 Å². The van der Waals surface area contributed by atoms with Gasteiger partial charge in [-0.2, -0.15) is 0 Å². The Labute approximate surface area is 114 Å². The van der Waals surface area contributed by atoms with E-state index < -0.39 is 5.97 Å². The summed E-state index contributed by atoms with van der Waals surface area (Å²) in [5.41, 5.74) is 1.57. The number of carbonyl (C=O) groups is 1. The monoisotopic (exact) mass is 268 g/mol. The van der Waals surface area contributed by atoms with Crippen LogP contribution in [0.4, 0.5) is 0 Å². The average molecular weight is 268 g/mol. The van der Waals surface area contributed by atoms with Crippen molar-refractivity contribution in [3.8, 4) is 5.69 Å². The summed E-state index contributed by atoms with van der Waals surface area (Å²) in [5.74, 6) is -0.837. The van der Waals surface area contributed by atoms with E-state index in [0.717, 1.165) is 16.5 Å². The Bertz CT molecular complexity index is 761. The Kier molecular flexibility index (Phi) is 3.12. The molecule has 0 saturated carbocycles. The van der Waals surface area contributed by atoms with E-state index in [0.29, 0.717) is 12.1 Å². The first-order chi connectivity index (χ1) is 9.74. The van der Waals surface area contributed by atoms with Gasteiger partial charge in [-0.25, -0.2) is 4.68 Å². The van der Waals surface area contributed by atoms with Crippen molar-refractivity contribution in [1.29, 1.82) is 0 Å². The average Bonchev–Trinajstić information content (AvgIpc) is 2.93. The fraction of sp³-hybridized carbons (Fsp3) is 0.143. The highest BCUT2D eigenvalue weighted by atomic mass is 16.4. The van der Waals surface area contributed by atoms with E-state index in [9.17, 15) is 4.79 Å². The highest BCUT2D eigenvalue weighted by Gasteiger charge is 2.07.